The maximum absolute atomic E-state index is 12.6. The van der Waals surface area contributed by atoms with E-state index in [1.807, 2.05) is 30.1 Å². The molecule has 0 bridgehead atoms. The van der Waals surface area contributed by atoms with Crippen LogP contribution in [-0.2, 0) is 6.54 Å². The first-order chi connectivity index (χ1) is 11.6. The van der Waals surface area contributed by atoms with Gasteiger partial charge in [-0.2, -0.15) is 0 Å². The first-order valence-corrected chi connectivity index (χ1v) is 8.52. The molecule has 0 spiro atoms. The highest BCUT2D eigenvalue weighted by molar-refractivity contribution is 5.95. The van der Waals surface area contributed by atoms with Gasteiger partial charge in [0.25, 0.3) is 5.91 Å². The number of benzene rings is 2. The van der Waals surface area contributed by atoms with Crippen molar-refractivity contribution in [3.8, 4) is 0 Å². The van der Waals surface area contributed by atoms with Crippen LogP contribution in [-0.4, -0.2) is 41.9 Å². The molecule has 1 fully saturated rings. The van der Waals surface area contributed by atoms with Gasteiger partial charge in [-0.05, 0) is 36.6 Å². The number of hydrogen-bond donors (Lipinski definition) is 1. The number of halogens is 2. The van der Waals surface area contributed by atoms with Crippen molar-refractivity contribution in [2.24, 2.45) is 0 Å². The Bertz CT molecular complexity index is 688. The minimum absolute atomic E-state index is 0. The molecule has 3 rings (SSSR count). The van der Waals surface area contributed by atoms with Crippen LogP contribution in [0.4, 0.5) is 5.69 Å². The molecule has 0 unspecified atom stereocenters. The van der Waals surface area contributed by atoms with E-state index in [9.17, 15) is 4.79 Å². The number of nitrogens with zero attached hydrogens (tertiary/aromatic N) is 2. The summed E-state index contributed by atoms with van der Waals surface area (Å²) in [6, 6.07) is 18.1. The van der Waals surface area contributed by atoms with E-state index in [-0.39, 0.29) is 30.7 Å². The van der Waals surface area contributed by atoms with Crippen LogP contribution in [0.15, 0.2) is 54.6 Å². The average Bonchev–Trinajstić information content (AvgIpc) is 2.62. The topological polar surface area (TPSA) is 49.6 Å². The van der Waals surface area contributed by atoms with Gasteiger partial charge in [0.05, 0.1) is 0 Å². The summed E-state index contributed by atoms with van der Waals surface area (Å²) in [5.41, 5.74) is 8.44. The lowest BCUT2D eigenvalue weighted by Gasteiger charge is -2.36. The molecule has 4 nitrogen and oxygen atoms in total. The van der Waals surface area contributed by atoms with Crippen molar-refractivity contribution in [3.63, 3.8) is 0 Å². The highest BCUT2D eigenvalue weighted by Crippen LogP contribution is 2.20. The van der Waals surface area contributed by atoms with Crippen LogP contribution < -0.4 is 5.73 Å². The van der Waals surface area contributed by atoms with Crippen LogP contribution in [0.25, 0.3) is 0 Å². The summed E-state index contributed by atoms with van der Waals surface area (Å²) in [5, 5.41) is 0. The number of anilines is 1. The lowest BCUT2D eigenvalue weighted by atomic mass is 10.0. The summed E-state index contributed by atoms with van der Waals surface area (Å²) in [5.74, 6) is 0.0591. The molecule has 1 saturated heterocycles. The molecule has 1 heterocycles. The molecule has 1 aliphatic heterocycles. The number of piperidine rings is 1. The first kappa shape index (κ1) is 22.3. The Morgan fingerprint density at radius 3 is 2.35 bits per heavy atom. The van der Waals surface area contributed by atoms with Crippen molar-refractivity contribution in [3.05, 3.63) is 65.7 Å². The van der Waals surface area contributed by atoms with E-state index >= 15 is 0 Å². The predicted octanol–water partition coefficient (Wildman–Crippen LogP) is 3.85. The number of amides is 1. The molecule has 26 heavy (non-hydrogen) atoms. The largest absolute Gasteiger partial charge is 0.399 e. The van der Waals surface area contributed by atoms with E-state index in [0.29, 0.717) is 17.3 Å². The Balaban J connectivity index is 0.00000169. The summed E-state index contributed by atoms with van der Waals surface area (Å²) in [7, 11) is 1.91. The third kappa shape index (κ3) is 5.63. The van der Waals surface area contributed by atoms with Crippen LogP contribution in [0.3, 0.4) is 0 Å². The fourth-order valence-corrected chi connectivity index (χ4v) is 3.35. The van der Waals surface area contributed by atoms with Crippen LogP contribution in [0, 0.1) is 0 Å². The van der Waals surface area contributed by atoms with Crippen molar-refractivity contribution in [2.75, 3.05) is 25.9 Å². The van der Waals surface area contributed by atoms with Crippen molar-refractivity contribution in [1.82, 2.24) is 9.80 Å². The molecule has 0 saturated carbocycles. The number of nitrogens with two attached hydrogens (primary N) is 1. The fourth-order valence-electron chi connectivity index (χ4n) is 3.35. The van der Waals surface area contributed by atoms with Gasteiger partial charge < -0.3 is 10.6 Å². The Morgan fingerprint density at radius 2 is 1.73 bits per heavy atom. The molecule has 0 aliphatic carbocycles. The van der Waals surface area contributed by atoms with Gasteiger partial charge >= 0.3 is 0 Å². The highest BCUT2D eigenvalue weighted by Gasteiger charge is 2.26. The molecule has 1 amide bonds. The molecule has 1 aliphatic rings. The monoisotopic (exact) mass is 395 g/mol. The molecule has 2 N–H and O–H groups in total. The minimum atomic E-state index is 0. The van der Waals surface area contributed by atoms with Crippen LogP contribution in [0.1, 0.15) is 28.8 Å². The van der Waals surface area contributed by atoms with Crippen LogP contribution in [0.2, 0.25) is 0 Å². The van der Waals surface area contributed by atoms with Crippen molar-refractivity contribution in [1.29, 1.82) is 0 Å². The zero-order valence-corrected chi connectivity index (χ0v) is 16.6. The molecular weight excluding hydrogens is 369 g/mol. The van der Waals surface area contributed by atoms with E-state index in [1.165, 1.54) is 5.56 Å². The summed E-state index contributed by atoms with van der Waals surface area (Å²) in [4.78, 5) is 17.0. The molecule has 0 radical (unpaired) electrons. The Morgan fingerprint density at radius 1 is 1.08 bits per heavy atom. The second-order valence-electron chi connectivity index (χ2n) is 6.53. The van der Waals surface area contributed by atoms with E-state index in [4.69, 9.17) is 5.73 Å². The van der Waals surface area contributed by atoms with Gasteiger partial charge in [-0.25, -0.2) is 0 Å². The maximum Gasteiger partial charge on any atom is 0.253 e. The van der Waals surface area contributed by atoms with E-state index < -0.39 is 0 Å². The third-order valence-corrected chi connectivity index (χ3v) is 4.81. The lowest BCUT2D eigenvalue weighted by molar-refractivity contribution is 0.0636. The normalized spacial score (nSPS) is 14.8. The number of rotatable bonds is 4. The maximum atomic E-state index is 12.6. The van der Waals surface area contributed by atoms with Crippen LogP contribution in [0.5, 0.6) is 0 Å². The van der Waals surface area contributed by atoms with Gasteiger partial charge in [0.2, 0.25) is 0 Å². The second kappa shape index (κ2) is 10.4. The number of carbonyl (C=O) groups is 1. The molecule has 2 aromatic rings. The van der Waals surface area contributed by atoms with Gasteiger partial charge in [0.15, 0.2) is 0 Å². The van der Waals surface area contributed by atoms with Gasteiger partial charge in [0.1, 0.15) is 0 Å². The van der Waals surface area contributed by atoms with Crippen LogP contribution >= 0.6 is 24.8 Å². The fraction of sp³-hybridized carbons (Fsp3) is 0.350. The van der Waals surface area contributed by atoms with E-state index in [1.54, 1.807) is 12.1 Å². The SMILES string of the molecule is CN(C(=O)c1cccc(N)c1)C1CCN(Cc2ccccc2)CC1.Cl.Cl. The van der Waals surface area contributed by atoms with E-state index in [2.05, 4.69) is 29.2 Å². The molecule has 0 atom stereocenters. The Labute approximate surface area is 168 Å². The number of hydrogen-bond acceptors (Lipinski definition) is 3. The molecular formula is C20H27Cl2N3O. The molecule has 6 heteroatoms. The number of nitrogen functional groups attached to an aromatic ring is 1. The Kier molecular flexibility index (Phi) is 8.93. The van der Waals surface area contributed by atoms with Crippen molar-refractivity contribution >= 4 is 36.4 Å². The zero-order valence-electron chi connectivity index (χ0n) is 15.0. The quantitative estimate of drug-likeness (QED) is 0.799. The minimum Gasteiger partial charge on any atom is -0.399 e. The molecule has 2 aromatic carbocycles. The molecule has 142 valence electrons. The summed E-state index contributed by atoms with van der Waals surface area (Å²) >= 11 is 0. The standard InChI is InChI=1S/C20H25N3O.2ClH/c1-22(20(24)17-8-5-9-18(21)14-17)19-10-12-23(13-11-19)15-16-6-3-2-4-7-16;;/h2-9,14,19H,10-13,15,21H2,1H3;2*1H. The smallest absolute Gasteiger partial charge is 0.253 e. The summed E-state index contributed by atoms with van der Waals surface area (Å²) in [6.45, 7) is 3.03. The predicted molar refractivity (Wildman–Crippen MR) is 112 cm³/mol. The van der Waals surface area contributed by atoms with Gasteiger partial charge in [-0.3, -0.25) is 9.69 Å². The van der Waals surface area contributed by atoms with Crippen molar-refractivity contribution < 1.29 is 4.79 Å². The third-order valence-electron chi connectivity index (χ3n) is 4.81. The van der Waals surface area contributed by atoms with Crippen molar-refractivity contribution in [2.45, 2.75) is 25.4 Å². The lowest BCUT2D eigenvalue weighted by Crippen LogP contribution is -2.45. The number of carbonyl (C=O) groups excluding carboxylic acids is 1. The Hall–Kier alpha value is -1.75. The highest BCUT2D eigenvalue weighted by atomic mass is 35.5. The number of likely N-dealkylation sites (tertiary alicyclic amines) is 1. The second-order valence-corrected chi connectivity index (χ2v) is 6.53. The van der Waals surface area contributed by atoms with Gasteiger partial charge in [-0.15, -0.1) is 24.8 Å². The summed E-state index contributed by atoms with van der Waals surface area (Å²) < 4.78 is 0. The van der Waals surface area contributed by atoms with E-state index in [0.717, 1.165) is 32.5 Å². The first-order valence-electron chi connectivity index (χ1n) is 8.52. The summed E-state index contributed by atoms with van der Waals surface area (Å²) in [6.07, 6.45) is 2.02. The molecule has 0 aromatic heterocycles. The van der Waals surface area contributed by atoms with Gasteiger partial charge in [0, 0.05) is 44.0 Å². The van der Waals surface area contributed by atoms with Gasteiger partial charge in [-0.1, -0.05) is 36.4 Å². The average molecular weight is 396 g/mol. The zero-order chi connectivity index (χ0) is 16.9.